The van der Waals surface area contributed by atoms with E-state index in [2.05, 4.69) is 53.3 Å². The van der Waals surface area contributed by atoms with Gasteiger partial charge in [-0.3, -0.25) is 4.98 Å². The van der Waals surface area contributed by atoms with Gasteiger partial charge in [0.2, 0.25) is 0 Å². The molecule has 1 unspecified atom stereocenters. The molecule has 0 radical (unpaired) electrons. The van der Waals surface area contributed by atoms with Gasteiger partial charge in [0, 0.05) is 24.7 Å². The van der Waals surface area contributed by atoms with Gasteiger partial charge in [-0.2, -0.15) is 0 Å². The van der Waals surface area contributed by atoms with E-state index >= 15 is 0 Å². The highest BCUT2D eigenvalue weighted by Crippen LogP contribution is 2.24. The quantitative estimate of drug-likeness (QED) is 0.901. The van der Waals surface area contributed by atoms with Gasteiger partial charge < -0.3 is 10.6 Å². The fourth-order valence-corrected chi connectivity index (χ4v) is 1.91. The number of hydrogen-bond donors (Lipinski definition) is 2. The molecular weight excluding hydrogens is 262 g/mol. The van der Waals surface area contributed by atoms with Gasteiger partial charge in [-0.25, -0.2) is 9.97 Å². The van der Waals surface area contributed by atoms with Crippen molar-refractivity contribution >= 4 is 11.6 Å². The smallest absolute Gasteiger partial charge is 0.138 e. The summed E-state index contributed by atoms with van der Waals surface area (Å²) in [5, 5.41) is 6.48. The molecule has 5 nitrogen and oxygen atoms in total. The van der Waals surface area contributed by atoms with Crippen LogP contribution in [0.15, 0.2) is 30.5 Å². The molecule has 2 aromatic rings. The van der Waals surface area contributed by atoms with Crippen LogP contribution in [-0.4, -0.2) is 22.0 Å². The number of aromatic nitrogens is 3. The summed E-state index contributed by atoms with van der Waals surface area (Å²) in [6.45, 7) is 8.38. The zero-order valence-corrected chi connectivity index (χ0v) is 13.3. The van der Waals surface area contributed by atoms with Gasteiger partial charge in [0.1, 0.15) is 17.5 Å². The molecule has 1 atom stereocenters. The molecule has 0 saturated carbocycles. The van der Waals surface area contributed by atoms with Crippen molar-refractivity contribution in [2.24, 2.45) is 0 Å². The molecule has 0 bridgehead atoms. The normalized spacial score (nSPS) is 12.8. The van der Waals surface area contributed by atoms with E-state index < -0.39 is 0 Å². The number of nitrogens with one attached hydrogen (secondary N) is 2. The maximum Gasteiger partial charge on any atom is 0.138 e. The molecule has 0 aliphatic heterocycles. The van der Waals surface area contributed by atoms with E-state index in [4.69, 9.17) is 0 Å². The first kappa shape index (κ1) is 15.2. The van der Waals surface area contributed by atoms with Gasteiger partial charge in [0.25, 0.3) is 0 Å². The summed E-state index contributed by atoms with van der Waals surface area (Å²) >= 11 is 0. The van der Waals surface area contributed by atoms with Crippen molar-refractivity contribution in [3.63, 3.8) is 0 Å². The molecule has 5 heteroatoms. The SMILES string of the molecule is CNc1cc(NC(C)c2ccccn2)nc(C(C)(C)C)n1. The average Bonchev–Trinajstić information content (AvgIpc) is 2.46. The predicted molar refractivity (Wildman–Crippen MR) is 86.6 cm³/mol. The molecule has 0 aliphatic rings. The van der Waals surface area contributed by atoms with Crippen LogP contribution in [-0.2, 0) is 5.41 Å². The van der Waals surface area contributed by atoms with Crippen molar-refractivity contribution in [3.05, 3.63) is 42.0 Å². The second-order valence-electron chi connectivity index (χ2n) is 6.08. The van der Waals surface area contributed by atoms with E-state index in [0.29, 0.717) is 0 Å². The molecule has 21 heavy (non-hydrogen) atoms. The van der Waals surface area contributed by atoms with Crippen LogP contribution < -0.4 is 10.6 Å². The molecule has 0 spiro atoms. The first-order valence-electron chi connectivity index (χ1n) is 7.15. The Kier molecular flexibility index (Phi) is 4.40. The van der Waals surface area contributed by atoms with Crippen molar-refractivity contribution in [2.45, 2.75) is 39.2 Å². The fourth-order valence-electron chi connectivity index (χ4n) is 1.91. The Morgan fingerprint density at radius 3 is 2.38 bits per heavy atom. The van der Waals surface area contributed by atoms with Crippen LogP contribution in [0, 0.1) is 0 Å². The van der Waals surface area contributed by atoms with Crippen LogP contribution in [0.2, 0.25) is 0 Å². The largest absolute Gasteiger partial charge is 0.373 e. The van der Waals surface area contributed by atoms with Crippen molar-refractivity contribution in [2.75, 3.05) is 17.7 Å². The third kappa shape index (κ3) is 3.90. The lowest BCUT2D eigenvalue weighted by molar-refractivity contribution is 0.546. The minimum atomic E-state index is -0.0997. The first-order valence-corrected chi connectivity index (χ1v) is 7.15. The summed E-state index contributed by atoms with van der Waals surface area (Å²) in [5.74, 6) is 2.42. The van der Waals surface area contributed by atoms with Crippen LogP contribution in [0.3, 0.4) is 0 Å². The average molecular weight is 285 g/mol. The van der Waals surface area contributed by atoms with Crippen molar-refractivity contribution in [3.8, 4) is 0 Å². The Morgan fingerprint density at radius 1 is 1.10 bits per heavy atom. The number of hydrogen-bond acceptors (Lipinski definition) is 5. The van der Waals surface area contributed by atoms with Crippen LogP contribution >= 0.6 is 0 Å². The van der Waals surface area contributed by atoms with E-state index in [-0.39, 0.29) is 11.5 Å². The minimum Gasteiger partial charge on any atom is -0.373 e. The summed E-state index contributed by atoms with van der Waals surface area (Å²) < 4.78 is 0. The number of nitrogens with zero attached hydrogens (tertiary/aromatic N) is 3. The van der Waals surface area contributed by atoms with Crippen molar-refractivity contribution in [1.29, 1.82) is 0 Å². The van der Waals surface area contributed by atoms with Crippen LogP contribution in [0.4, 0.5) is 11.6 Å². The maximum atomic E-state index is 4.63. The minimum absolute atomic E-state index is 0.0821. The van der Waals surface area contributed by atoms with Gasteiger partial charge >= 0.3 is 0 Å². The molecule has 112 valence electrons. The third-order valence-electron chi connectivity index (χ3n) is 3.15. The summed E-state index contributed by atoms with van der Waals surface area (Å²) in [5.41, 5.74) is 0.886. The number of rotatable bonds is 4. The lowest BCUT2D eigenvalue weighted by atomic mass is 9.96. The second-order valence-corrected chi connectivity index (χ2v) is 6.08. The molecule has 2 aromatic heterocycles. The number of anilines is 2. The lowest BCUT2D eigenvalue weighted by Gasteiger charge is -2.20. The molecular formula is C16H23N5. The van der Waals surface area contributed by atoms with Crippen LogP contribution in [0.25, 0.3) is 0 Å². The highest BCUT2D eigenvalue weighted by molar-refractivity contribution is 5.48. The van der Waals surface area contributed by atoms with Gasteiger partial charge in [0.05, 0.1) is 11.7 Å². The van der Waals surface area contributed by atoms with Gasteiger partial charge in [-0.1, -0.05) is 26.8 Å². The molecule has 2 heterocycles. The molecule has 0 fully saturated rings. The standard InChI is InChI=1S/C16H23N5/c1-11(12-8-6-7-9-18-12)19-14-10-13(17-5)20-15(21-14)16(2,3)4/h6-11H,1-5H3,(H2,17,19,20,21). The summed E-state index contributed by atoms with van der Waals surface area (Å²) in [6.07, 6.45) is 1.80. The van der Waals surface area contributed by atoms with Gasteiger partial charge in [0.15, 0.2) is 0 Å². The summed E-state index contributed by atoms with van der Waals surface area (Å²) in [7, 11) is 1.86. The molecule has 0 aliphatic carbocycles. The second kappa shape index (κ2) is 6.08. The van der Waals surface area contributed by atoms with E-state index in [1.165, 1.54) is 0 Å². The predicted octanol–water partition coefficient (Wildman–Crippen LogP) is 3.38. The maximum absolute atomic E-state index is 4.63. The fraction of sp³-hybridized carbons (Fsp3) is 0.438. The van der Waals surface area contributed by atoms with E-state index in [0.717, 1.165) is 23.2 Å². The monoisotopic (exact) mass is 285 g/mol. The lowest BCUT2D eigenvalue weighted by Crippen LogP contribution is -2.19. The highest BCUT2D eigenvalue weighted by atomic mass is 15.1. The Balaban J connectivity index is 2.27. The molecule has 2 rings (SSSR count). The van der Waals surface area contributed by atoms with Crippen LogP contribution in [0.1, 0.15) is 45.3 Å². The van der Waals surface area contributed by atoms with Crippen molar-refractivity contribution in [1.82, 2.24) is 15.0 Å². The van der Waals surface area contributed by atoms with Crippen LogP contribution in [0.5, 0.6) is 0 Å². The Bertz CT molecular complexity index is 589. The topological polar surface area (TPSA) is 62.7 Å². The molecule has 0 saturated heterocycles. The van der Waals surface area contributed by atoms with Gasteiger partial charge in [-0.05, 0) is 19.1 Å². The summed E-state index contributed by atoms with van der Waals surface area (Å²) in [6, 6.07) is 7.90. The Hall–Kier alpha value is -2.17. The van der Waals surface area contributed by atoms with Crippen molar-refractivity contribution < 1.29 is 0 Å². The highest BCUT2D eigenvalue weighted by Gasteiger charge is 2.19. The Morgan fingerprint density at radius 2 is 1.81 bits per heavy atom. The zero-order valence-electron chi connectivity index (χ0n) is 13.3. The summed E-state index contributed by atoms with van der Waals surface area (Å²) in [4.78, 5) is 13.5. The molecule has 0 aromatic carbocycles. The van der Waals surface area contributed by atoms with E-state index in [1.807, 2.05) is 31.3 Å². The number of pyridine rings is 1. The first-order chi connectivity index (χ1) is 9.90. The third-order valence-corrected chi connectivity index (χ3v) is 3.15. The van der Waals surface area contributed by atoms with E-state index in [1.54, 1.807) is 6.20 Å². The zero-order chi connectivity index (χ0) is 15.5. The molecule has 0 amide bonds. The van der Waals surface area contributed by atoms with E-state index in [9.17, 15) is 0 Å². The van der Waals surface area contributed by atoms with Gasteiger partial charge in [-0.15, -0.1) is 0 Å². The Labute approximate surface area is 126 Å². The molecule has 2 N–H and O–H groups in total.